The van der Waals surface area contributed by atoms with Gasteiger partial charge in [-0.25, -0.2) is 8.42 Å². The van der Waals surface area contributed by atoms with Crippen LogP contribution in [0.5, 0.6) is 0 Å². The Hall–Kier alpha value is 0.0600. The smallest absolute Gasteiger partial charge is 0.154 e. The minimum absolute atomic E-state index is 0.142. The second-order valence-electron chi connectivity index (χ2n) is 2.68. The van der Waals surface area contributed by atoms with Gasteiger partial charge in [-0.05, 0) is 0 Å². The van der Waals surface area contributed by atoms with Gasteiger partial charge in [-0.2, -0.15) is 0 Å². The molecule has 0 spiro atoms. The molecule has 1 aliphatic heterocycles. The Morgan fingerprint density at radius 2 is 2.00 bits per heavy atom. The van der Waals surface area contributed by atoms with Crippen molar-refractivity contribution in [3.63, 3.8) is 0 Å². The number of hydrogen-bond acceptors (Lipinski definition) is 4. The maximum absolute atomic E-state index is 10.9. The number of hydrogen-bond donors (Lipinski definition) is 1. The van der Waals surface area contributed by atoms with E-state index in [1.807, 2.05) is 0 Å². The molecule has 66 valence electrons. The van der Waals surface area contributed by atoms with E-state index in [1.165, 1.54) is 6.26 Å². The Balaban J connectivity index is 2.83. The summed E-state index contributed by atoms with van der Waals surface area (Å²) in [5.74, 6) is -0.380. The van der Waals surface area contributed by atoms with Crippen LogP contribution in [0.3, 0.4) is 0 Å². The first-order chi connectivity index (χ1) is 4.92. The van der Waals surface area contributed by atoms with Crippen molar-refractivity contribution in [2.45, 2.75) is 11.4 Å². The lowest BCUT2D eigenvalue weighted by atomic mass is 10.3. The quantitative estimate of drug-likeness (QED) is 0.558. The van der Waals surface area contributed by atoms with Crippen LogP contribution in [0, 0.1) is 0 Å². The Morgan fingerprint density at radius 1 is 1.45 bits per heavy atom. The number of rotatable bonds is 1. The molecule has 4 nitrogen and oxygen atoms in total. The molecule has 0 bridgehead atoms. The fourth-order valence-electron chi connectivity index (χ4n) is 1.11. The summed E-state index contributed by atoms with van der Waals surface area (Å²) in [6.07, 6.45) is 0.472. The summed E-state index contributed by atoms with van der Waals surface area (Å²) < 4.78 is 32.6. The van der Waals surface area contributed by atoms with Gasteiger partial charge < -0.3 is 5.11 Å². The first kappa shape index (κ1) is 9.15. The van der Waals surface area contributed by atoms with E-state index in [9.17, 15) is 12.6 Å². The van der Waals surface area contributed by atoms with Gasteiger partial charge in [-0.15, -0.1) is 0 Å². The first-order valence-corrected chi connectivity index (χ1v) is 6.57. The van der Waals surface area contributed by atoms with Crippen molar-refractivity contribution in [2.75, 3.05) is 17.8 Å². The number of sulfone groups is 1. The van der Waals surface area contributed by atoms with Crippen LogP contribution in [0.1, 0.15) is 0 Å². The molecule has 0 aromatic carbocycles. The van der Waals surface area contributed by atoms with E-state index in [-0.39, 0.29) is 11.5 Å². The van der Waals surface area contributed by atoms with Gasteiger partial charge in [0, 0.05) is 17.1 Å². The van der Waals surface area contributed by atoms with Crippen LogP contribution in [-0.4, -0.2) is 46.8 Å². The molecule has 0 radical (unpaired) electrons. The normalized spacial score (nSPS) is 38.7. The average Bonchev–Trinajstić information content (AvgIpc) is 2.05. The molecule has 0 aliphatic carbocycles. The van der Waals surface area contributed by atoms with Gasteiger partial charge in [0.15, 0.2) is 9.84 Å². The molecule has 0 aromatic heterocycles. The fraction of sp³-hybridized carbons (Fsp3) is 1.00. The van der Waals surface area contributed by atoms with E-state index < -0.39 is 32.0 Å². The largest absolute Gasteiger partial charge is 0.391 e. The van der Waals surface area contributed by atoms with Crippen molar-refractivity contribution in [1.82, 2.24) is 0 Å². The minimum Gasteiger partial charge on any atom is -0.391 e. The molecule has 11 heavy (non-hydrogen) atoms. The van der Waals surface area contributed by atoms with E-state index in [2.05, 4.69) is 0 Å². The molecule has 1 heterocycles. The van der Waals surface area contributed by atoms with Crippen LogP contribution < -0.4 is 0 Å². The zero-order valence-corrected chi connectivity index (χ0v) is 7.69. The third kappa shape index (κ3) is 2.00. The highest BCUT2D eigenvalue weighted by Crippen LogP contribution is 2.16. The predicted molar refractivity (Wildman–Crippen MR) is 42.5 cm³/mol. The maximum atomic E-state index is 10.9. The van der Waals surface area contributed by atoms with Gasteiger partial charge in [0.1, 0.15) is 0 Å². The summed E-state index contributed by atoms with van der Waals surface area (Å²) in [4.78, 5) is 0. The van der Waals surface area contributed by atoms with Crippen molar-refractivity contribution in [2.24, 2.45) is 0 Å². The second-order valence-corrected chi connectivity index (χ2v) is 6.44. The molecule has 6 heteroatoms. The monoisotopic (exact) mass is 198 g/mol. The number of aliphatic hydroxyl groups is 1. The van der Waals surface area contributed by atoms with Crippen LogP contribution >= 0.6 is 0 Å². The standard InChI is InChI=1S/C5H10O4S2/c1-10(7)5-3-11(8,9)2-4(5)6/h4-6H,2-3H2,1H3/t4-,5+,10-/m0/s1. The van der Waals surface area contributed by atoms with Gasteiger partial charge in [-0.1, -0.05) is 0 Å². The first-order valence-electron chi connectivity index (χ1n) is 3.13. The Morgan fingerprint density at radius 3 is 2.18 bits per heavy atom. The molecule has 1 N–H and O–H groups in total. The Labute approximate surface area is 68.0 Å². The second kappa shape index (κ2) is 2.84. The highest BCUT2D eigenvalue weighted by atomic mass is 32.2. The lowest BCUT2D eigenvalue weighted by Gasteiger charge is -2.07. The van der Waals surface area contributed by atoms with Crippen LogP contribution in [0.2, 0.25) is 0 Å². The zero-order chi connectivity index (χ0) is 8.65. The molecule has 1 aliphatic rings. The number of aliphatic hydroxyl groups excluding tert-OH is 1. The van der Waals surface area contributed by atoms with Crippen molar-refractivity contribution < 1.29 is 17.7 Å². The topological polar surface area (TPSA) is 71.4 Å². The highest BCUT2D eigenvalue weighted by Gasteiger charge is 2.38. The van der Waals surface area contributed by atoms with Gasteiger partial charge in [-0.3, -0.25) is 4.21 Å². The van der Waals surface area contributed by atoms with E-state index in [0.717, 1.165) is 0 Å². The summed E-state index contributed by atoms with van der Waals surface area (Å²) in [6, 6.07) is 0. The van der Waals surface area contributed by atoms with E-state index in [0.29, 0.717) is 0 Å². The molecular formula is C5H10O4S2. The summed E-state index contributed by atoms with van der Waals surface area (Å²) in [6.45, 7) is 0. The van der Waals surface area contributed by atoms with Crippen LogP contribution in [0.15, 0.2) is 0 Å². The lowest BCUT2D eigenvalue weighted by molar-refractivity contribution is 0.206. The molecule has 1 saturated heterocycles. The lowest BCUT2D eigenvalue weighted by Crippen LogP contribution is -2.27. The summed E-state index contributed by atoms with van der Waals surface area (Å²) in [5, 5.41) is 8.54. The Bertz CT molecular complexity index is 268. The van der Waals surface area contributed by atoms with Gasteiger partial charge in [0.25, 0.3) is 0 Å². The van der Waals surface area contributed by atoms with Gasteiger partial charge in [0.2, 0.25) is 0 Å². The van der Waals surface area contributed by atoms with Crippen LogP contribution in [0.4, 0.5) is 0 Å². The van der Waals surface area contributed by atoms with E-state index in [1.54, 1.807) is 0 Å². The van der Waals surface area contributed by atoms with Crippen molar-refractivity contribution >= 4 is 20.6 Å². The zero-order valence-electron chi connectivity index (χ0n) is 6.06. The molecule has 0 aromatic rings. The Kier molecular flexibility index (Phi) is 2.36. The van der Waals surface area contributed by atoms with E-state index >= 15 is 0 Å². The van der Waals surface area contributed by atoms with E-state index in [4.69, 9.17) is 5.11 Å². The molecule has 3 atom stereocenters. The summed E-state index contributed by atoms with van der Waals surface area (Å²) >= 11 is 0. The minimum atomic E-state index is -3.13. The van der Waals surface area contributed by atoms with Crippen molar-refractivity contribution in [1.29, 1.82) is 0 Å². The molecule has 0 unspecified atom stereocenters. The molecule has 1 rings (SSSR count). The van der Waals surface area contributed by atoms with Crippen LogP contribution in [0.25, 0.3) is 0 Å². The van der Waals surface area contributed by atoms with Crippen LogP contribution in [-0.2, 0) is 20.6 Å². The molecule has 0 amide bonds. The van der Waals surface area contributed by atoms with Gasteiger partial charge in [0.05, 0.1) is 22.9 Å². The van der Waals surface area contributed by atoms with Crippen molar-refractivity contribution in [3.05, 3.63) is 0 Å². The molecular weight excluding hydrogens is 188 g/mol. The summed E-state index contributed by atoms with van der Waals surface area (Å²) in [5.41, 5.74) is 0. The molecule has 1 fully saturated rings. The fourth-order valence-corrected chi connectivity index (χ4v) is 4.77. The predicted octanol–water partition coefficient (Wildman–Crippen LogP) is -1.48. The summed E-state index contributed by atoms with van der Waals surface area (Å²) in [7, 11) is -4.38. The molecule has 0 saturated carbocycles. The third-order valence-electron chi connectivity index (χ3n) is 1.70. The van der Waals surface area contributed by atoms with Crippen molar-refractivity contribution in [3.8, 4) is 0 Å². The SMILES string of the molecule is C[S@](=O)[C@@H]1CS(=O)(=O)C[C@@H]1O. The van der Waals surface area contributed by atoms with Gasteiger partial charge >= 0.3 is 0 Å². The maximum Gasteiger partial charge on any atom is 0.154 e. The highest BCUT2D eigenvalue weighted by molar-refractivity contribution is 7.94. The third-order valence-corrected chi connectivity index (χ3v) is 4.96. The average molecular weight is 198 g/mol.